The molecular formula is C46H60F2O6Si. The number of aliphatic hydroxyl groups excluding tert-OH is 3. The van der Waals surface area contributed by atoms with Gasteiger partial charge in [0.1, 0.15) is 23.1 Å². The maximum atomic E-state index is 14.8. The van der Waals surface area contributed by atoms with Crippen molar-refractivity contribution in [3.8, 4) is 33.8 Å². The molecule has 0 fully saturated rings. The van der Waals surface area contributed by atoms with Crippen LogP contribution in [0.15, 0.2) is 98.1 Å². The lowest BCUT2D eigenvalue weighted by Gasteiger charge is -2.36. The molecule has 2 atom stereocenters. The van der Waals surface area contributed by atoms with Gasteiger partial charge >= 0.3 is 0 Å². The van der Waals surface area contributed by atoms with Crippen molar-refractivity contribution in [2.45, 2.75) is 92.0 Å². The van der Waals surface area contributed by atoms with E-state index in [2.05, 4.69) is 47.0 Å². The van der Waals surface area contributed by atoms with E-state index in [9.17, 15) is 24.1 Å². The molecule has 4 rings (SSSR count). The van der Waals surface area contributed by atoms with Gasteiger partial charge in [-0.25, -0.2) is 8.78 Å². The lowest BCUT2D eigenvalue weighted by molar-refractivity contribution is 0.0825. The number of aliphatic hydroxyl groups is 3. The number of hydrogen-bond donors (Lipinski definition) is 3. The quantitative estimate of drug-likeness (QED) is 0.0873. The minimum Gasteiger partial charge on any atom is -0.497 e. The lowest BCUT2D eigenvalue weighted by atomic mass is 9.79. The SMILES string of the molecule is C=CC(C)(C)C(O)c1cc(CO)ccc1-c1cc(OC)ccc1F.C=CC(C)(C)C(O)c1cc(CO[Si](C)(C)C(C)(C)C)ccc1-c1cc(OC)ccc1F. The molecule has 2 unspecified atom stereocenters. The Labute approximate surface area is 328 Å². The first kappa shape index (κ1) is 45.3. The molecule has 9 heteroatoms. The van der Waals surface area contributed by atoms with E-state index in [1.165, 1.54) is 19.2 Å². The van der Waals surface area contributed by atoms with E-state index in [1.807, 2.05) is 45.9 Å². The Balaban J connectivity index is 0.000000305. The van der Waals surface area contributed by atoms with Gasteiger partial charge in [-0.2, -0.15) is 0 Å². The molecule has 6 nitrogen and oxygen atoms in total. The Morgan fingerprint density at radius 3 is 1.40 bits per heavy atom. The summed E-state index contributed by atoms with van der Waals surface area (Å²) in [4.78, 5) is 0. The molecule has 298 valence electrons. The van der Waals surface area contributed by atoms with Gasteiger partial charge in [0.15, 0.2) is 8.32 Å². The molecule has 3 N–H and O–H groups in total. The van der Waals surface area contributed by atoms with Gasteiger partial charge in [-0.3, -0.25) is 0 Å². The minimum absolute atomic E-state index is 0.101. The van der Waals surface area contributed by atoms with Crippen LogP contribution < -0.4 is 9.47 Å². The molecule has 4 aromatic carbocycles. The molecule has 0 aliphatic heterocycles. The minimum atomic E-state index is -1.93. The molecule has 0 heterocycles. The van der Waals surface area contributed by atoms with E-state index < -0.39 is 37.2 Å². The van der Waals surface area contributed by atoms with Gasteiger partial charge in [-0.05, 0) is 87.9 Å². The summed E-state index contributed by atoms with van der Waals surface area (Å²) in [7, 11) is 1.14. The number of ether oxygens (including phenoxy) is 2. The van der Waals surface area contributed by atoms with Gasteiger partial charge < -0.3 is 29.2 Å². The molecule has 0 saturated heterocycles. The summed E-state index contributed by atoms with van der Waals surface area (Å²) in [5, 5.41) is 31.6. The molecule has 0 saturated carbocycles. The van der Waals surface area contributed by atoms with Crippen LogP contribution in [-0.2, 0) is 17.6 Å². The molecular weight excluding hydrogens is 715 g/mol. The number of benzene rings is 4. The average Bonchev–Trinajstić information content (AvgIpc) is 3.16. The molecule has 4 aromatic rings. The highest BCUT2D eigenvalue weighted by Gasteiger charge is 2.37. The van der Waals surface area contributed by atoms with Crippen molar-refractivity contribution in [1.29, 1.82) is 0 Å². The summed E-state index contributed by atoms with van der Waals surface area (Å²) in [5.74, 6) is 0.319. The summed E-state index contributed by atoms with van der Waals surface area (Å²) >= 11 is 0. The van der Waals surface area contributed by atoms with Crippen LogP contribution in [0.25, 0.3) is 22.3 Å². The maximum absolute atomic E-state index is 14.8. The van der Waals surface area contributed by atoms with Crippen LogP contribution >= 0.6 is 0 Å². The fourth-order valence-corrected chi connectivity index (χ4v) is 6.50. The van der Waals surface area contributed by atoms with Crippen LogP contribution in [-0.4, -0.2) is 37.9 Å². The summed E-state index contributed by atoms with van der Waals surface area (Å²) in [6.45, 7) is 26.5. The second-order valence-electron chi connectivity index (χ2n) is 16.6. The molecule has 0 aliphatic rings. The van der Waals surface area contributed by atoms with Gasteiger partial charge in [0.2, 0.25) is 0 Å². The van der Waals surface area contributed by atoms with Crippen LogP contribution in [0.2, 0.25) is 18.1 Å². The Kier molecular flexibility index (Phi) is 15.0. The Morgan fingerprint density at radius 1 is 0.636 bits per heavy atom. The van der Waals surface area contributed by atoms with Crippen molar-refractivity contribution < 1.29 is 38.0 Å². The molecule has 55 heavy (non-hydrogen) atoms. The van der Waals surface area contributed by atoms with E-state index in [4.69, 9.17) is 13.9 Å². The zero-order chi connectivity index (χ0) is 41.5. The molecule has 0 radical (unpaired) electrons. The van der Waals surface area contributed by atoms with Crippen LogP contribution in [0.1, 0.15) is 82.9 Å². The Bertz CT molecular complexity index is 1950. The Morgan fingerprint density at radius 2 is 1.04 bits per heavy atom. The van der Waals surface area contributed by atoms with Crippen LogP contribution in [0.3, 0.4) is 0 Å². The van der Waals surface area contributed by atoms with Crippen molar-refractivity contribution in [1.82, 2.24) is 0 Å². The molecule has 0 spiro atoms. The largest absolute Gasteiger partial charge is 0.497 e. The smallest absolute Gasteiger partial charge is 0.192 e. The number of hydrogen-bond acceptors (Lipinski definition) is 6. The maximum Gasteiger partial charge on any atom is 0.192 e. The Hall–Kier alpha value is -4.12. The third kappa shape index (κ3) is 10.8. The van der Waals surface area contributed by atoms with Gasteiger partial charge in [-0.1, -0.05) is 97.0 Å². The van der Waals surface area contributed by atoms with Crippen LogP contribution in [0, 0.1) is 22.5 Å². The van der Waals surface area contributed by atoms with Crippen molar-refractivity contribution in [2.24, 2.45) is 10.8 Å². The highest BCUT2D eigenvalue weighted by atomic mass is 28.4. The molecule has 0 bridgehead atoms. The first-order valence-electron chi connectivity index (χ1n) is 18.4. The van der Waals surface area contributed by atoms with Gasteiger partial charge in [0.05, 0.1) is 39.6 Å². The van der Waals surface area contributed by atoms with Gasteiger partial charge in [0, 0.05) is 22.0 Å². The highest BCUT2D eigenvalue weighted by Crippen LogP contribution is 2.43. The van der Waals surface area contributed by atoms with Gasteiger partial charge in [0.25, 0.3) is 0 Å². The normalized spacial score (nSPS) is 13.3. The molecule has 0 aromatic heterocycles. The summed E-state index contributed by atoms with van der Waals surface area (Å²) in [5.41, 5.74) is 3.51. The van der Waals surface area contributed by atoms with E-state index in [1.54, 1.807) is 61.7 Å². The predicted octanol–water partition coefficient (Wildman–Crippen LogP) is 11.5. The average molecular weight is 775 g/mol. The number of halogens is 2. The zero-order valence-corrected chi connectivity index (χ0v) is 35.4. The first-order valence-corrected chi connectivity index (χ1v) is 21.3. The number of rotatable bonds is 14. The summed E-state index contributed by atoms with van der Waals surface area (Å²) in [6, 6.07) is 20.0. The third-order valence-electron chi connectivity index (χ3n) is 10.8. The lowest BCUT2D eigenvalue weighted by Crippen LogP contribution is -2.40. The van der Waals surface area contributed by atoms with E-state index >= 15 is 0 Å². The van der Waals surface area contributed by atoms with Crippen molar-refractivity contribution >= 4 is 8.32 Å². The van der Waals surface area contributed by atoms with E-state index in [0.29, 0.717) is 57.1 Å². The van der Waals surface area contributed by atoms with Crippen LogP contribution in [0.5, 0.6) is 11.5 Å². The fourth-order valence-electron chi connectivity index (χ4n) is 5.54. The van der Waals surface area contributed by atoms with Crippen molar-refractivity contribution in [3.63, 3.8) is 0 Å². The molecule has 0 aliphatic carbocycles. The summed E-state index contributed by atoms with van der Waals surface area (Å²) in [6.07, 6.45) is 1.62. The first-order chi connectivity index (χ1) is 25.6. The van der Waals surface area contributed by atoms with E-state index in [0.717, 1.165) is 5.56 Å². The monoisotopic (exact) mass is 774 g/mol. The second kappa shape index (κ2) is 18.2. The standard InChI is InChI=1S/C26H37FO3Si.C20H23FO3/c1-10-26(5,6)24(28)22-15-18(17-30-31(8,9)25(2,3)4)11-13-20(22)21-16-19(29-7)12-14-23(21)27;1-5-20(2,3)19(23)17-10-13(12-22)6-8-15(17)16-11-14(24-4)7-9-18(16)21/h10-16,24,28H,1,17H2,2-9H3;5-11,19,22-23H,1,12H2,2-4H3. The highest BCUT2D eigenvalue weighted by molar-refractivity contribution is 6.74. The van der Waals surface area contributed by atoms with E-state index in [-0.39, 0.29) is 17.5 Å². The number of methoxy groups -OCH3 is 2. The topological polar surface area (TPSA) is 88.4 Å². The van der Waals surface area contributed by atoms with Crippen LogP contribution in [0.4, 0.5) is 8.78 Å². The second-order valence-corrected chi connectivity index (χ2v) is 21.4. The molecule has 0 amide bonds. The summed E-state index contributed by atoms with van der Waals surface area (Å²) < 4.78 is 46.0. The van der Waals surface area contributed by atoms with Gasteiger partial charge in [-0.15, -0.1) is 13.2 Å². The third-order valence-corrected chi connectivity index (χ3v) is 15.3. The predicted molar refractivity (Wildman–Crippen MR) is 223 cm³/mol. The van der Waals surface area contributed by atoms with Crippen molar-refractivity contribution in [3.05, 3.63) is 132 Å². The fraction of sp³-hybridized carbons (Fsp3) is 0.391. The zero-order valence-electron chi connectivity index (χ0n) is 34.4. The van der Waals surface area contributed by atoms with Crippen molar-refractivity contribution in [2.75, 3.05) is 14.2 Å².